The zero-order chi connectivity index (χ0) is 29.6. The Morgan fingerprint density at radius 1 is 1.10 bits per heavy atom. The average Bonchev–Trinajstić information content (AvgIpc) is 2.89. The van der Waals surface area contributed by atoms with Crippen LogP contribution < -0.4 is 14.4 Å². The number of rotatable bonds is 6. The van der Waals surface area contributed by atoms with Crippen molar-refractivity contribution in [1.29, 1.82) is 0 Å². The van der Waals surface area contributed by atoms with Gasteiger partial charge in [-0.15, -0.1) is 0 Å². The molecular formula is C30H32FN5O6. The number of carbonyl (C=O) groups excluding carboxylic acids is 1. The molecule has 2 fully saturated rings. The number of nitrogens with zero attached hydrogens (tertiary/aromatic N) is 5. The third kappa shape index (κ3) is 5.53. The highest BCUT2D eigenvalue weighted by Crippen LogP contribution is 2.52. The lowest BCUT2D eigenvalue weighted by atomic mass is 9.61. The van der Waals surface area contributed by atoms with E-state index in [9.17, 15) is 19.1 Å². The Hall–Kier alpha value is -4.48. The maximum atomic E-state index is 13.6. The minimum Gasteiger partial charge on any atom is -0.490 e. The molecule has 6 rings (SSSR count). The normalized spacial score (nSPS) is 17.6. The average molecular weight is 578 g/mol. The molecule has 220 valence electrons. The number of ether oxygens (including phenoxy) is 3. The molecule has 1 N–H and O–H groups in total. The van der Waals surface area contributed by atoms with Gasteiger partial charge in [0.1, 0.15) is 40.9 Å². The van der Waals surface area contributed by atoms with E-state index in [0.29, 0.717) is 31.1 Å². The first kappa shape index (κ1) is 27.7. The number of carboxylic acids is 1. The van der Waals surface area contributed by atoms with Gasteiger partial charge in [-0.05, 0) is 64.3 Å². The quantitative estimate of drug-likeness (QED) is 0.435. The number of fused-ring (bicyclic) bond motifs is 1. The molecule has 4 heterocycles. The number of pyridine rings is 1. The van der Waals surface area contributed by atoms with Crippen molar-refractivity contribution in [2.45, 2.75) is 58.3 Å². The summed E-state index contributed by atoms with van der Waals surface area (Å²) in [4.78, 5) is 40.8. The molecule has 1 saturated carbocycles. The fraction of sp³-hybridized carbons (Fsp3) is 0.433. The number of aromatic carboxylic acids is 1. The molecule has 1 amide bonds. The Morgan fingerprint density at radius 3 is 2.62 bits per heavy atom. The molecule has 1 spiro atoms. The summed E-state index contributed by atoms with van der Waals surface area (Å²) in [5.74, 6) is -0.258. The maximum absolute atomic E-state index is 13.6. The standard InChI is InChI=1S/C30H32FN5O6/c1-29(2,3)42-28(39)35-9-7-20-22(14-35)33-8-6-24(20)40-19-11-30(12-19)15-36(16-30)26-25(13-32-17-34-26)41-23-5-4-18(31)10-21(23)27(37)38/h4-6,8,10,13,17,19H,7,9,11-12,14-16H2,1-3H3,(H,37,38). The predicted molar refractivity (Wildman–Crippen MR) is 148 cm³/mol. The zero-order valence-electron chi connectivity index (χ0n) is 23.7. The van der Waals surface area contributed by atoms with Gasteiger partial charge < -0.3 is 29.1 Å². The van der Waals surface area contributed by atoms with Crippen LogP contribution >= 0.6 is 0 Å². The van der Waals surface area contributed by atoms with Gasteiger partial charge in [0.25, 0.3) is 0 Å². The van der Waals surface area contributed by atoms with Crippen molar-refractivity contribution < 1.29 is 33.3 Å². The van der Waals surface area contributed by atoms with Crippen molar-refractivity contribution in [2.24, 2.45) is 5.41 Å². The highest BCUT2D eigenvalue weighted by molar-refractivity contribution is 5.91. The monoisotopic (exact) mass is 577 g/mol. The Labute approximate surface area is 242 Å². The molecule has 1 saturated heterocycles. The summed E-state index contributed by atoms with van der Waals surface area (Å²) in [6.07, 6.45) is 6.76. The second kappa shape index (κ2) is 10.4. The Kier molecular flexibility index (Phi) is 6.86. The smallest absolute Gasteiger partial charge is 0.410 e. The van der Waals surface area contributed by atoms with Gasteiger partial charge in [0.15, 0.2) is 11.6 Å². The summed E-state index contributed by atoms with van der Waals surface area (Å²) in [6.45, 7) is 7.98. The molecule has 3 aromatic rings. The van der Waals surface area contributed by atoms with Crippen LogP contribution in [0.4, 0.5) is 15.0 Å². The lowest BCUT2D eigenvalue weighted by Gasteiger charge is -2.59. The van der Waals surface area contributed by atoms with Crippen LogP contribution in [0.5, 0.6) is 17.2 Å². The van der Waals surface area contributed by atoms with E-state index in [1.54, 1.807) is 11.1 Å². The second-order valence-corrected chi connectivity index (χ2v) is 12.1. The number of carboxylic acid groups (broad SMARTS) is 1. The Bertz CT molecular complexity index is 1530. The number of benzene rings is 1. The molecule has 0 unspecified atom stereocenters. The van der Waals surface area contributed by atoms with Gasteiger partial charge in [-0.2, -0.15) is 0 Å². The topological polar surface area (TPSA) is 127 Å². The summed E-state index contributed by atoms with van der Waals surface area (Å²) in [5, 5.41) is 9.45. The summed E-state index contributed by atoms with van der Waals surface area (Å²) in [6, 6.07) is 5.25. The fourth-order valence-corrected chi connectivity index (χ4v) is 5.86. The van der Waals surface area contributed by atoms with Gasteiger partial charge in [0, 0.05) is 36.8 Å². The van der Waals surface area contributed by atoms with Gasteiger partial charge in [-0.25, -0.2) is 23.9 Å². The second-order valence-electron chi connectivity index (χ2n) is 12.1. The minimum atomic E-state index is -1.29. The van der Waals surface area contributed by atoms with E-state index in [4.69, 9.17) is 14.2 Å². The number of aromatic nitrogens is 3. The highest BCUT2D eigenvalue weighted by atomic mass is 19.1. The Balaban J connectivity index is 1.06. The lowest BCUT2D eigenvalue weighted by molar-refractivity contribution is -0.0351. The third-order valence-electron chi connectivity index (χ3n) is 7.74. The molecule has 1 aromatic carbocycles. The van der Waals surface area contributed by atoms with Crippen molar-refractivity contribution in [1.82, 2.24) is 19.9 Å². The van der Waals surface area contributed by atoms with Crippen LogP contribution in [-0.4, -0.2) is 68.4 Å². The molecule has 12 heteroatoms. The van der Waals surface area contributed by atoms with E-state index in [0.717, 1.165) is 55.1 Å². The fourth-order valence-electron chi connectivity index (χ4n) is 5.86. The molecule has 11 nitrogen and oxygen atoms in total. The van der Waals surface area contributed by atoms with E-state index < -0.39 is 17.4 Å². The summed E-state index contributed by atoms with van der Waals surface area (Å²) in [5.41, 5.74) is 1.13. The van der Waals surface area contributed by atoms with Crippen molar-refractivity contribution in [3.8, 4) is 17.2 Å². The summed E-state index contributed by atoms with van der Waals surface area (Å²) >= 11 is 0. The molecule has 3 aliphatic rings. The third-order valence-corrected chi connectivity index (χ3v) is 7.74. The first-order valence-electron chi connectivity index (χ1n) is 13.9. The first-order valence-corrected chi connectivity index (χ1v) is 13.9. The van der Waals surface area contributed by atoms with Crippen LogP contribution in [0.1, 0.15) is 55.2 Å². The van der Waals surface area contributed by atoms with Gasteiger partial charge in [-0.1, -0.05) is 0 Å². The van der Waals surface area contributed by atoms with Crippen LogP contribution in [-0.2, 0) is 17.7 Å². The number of hydrogen-bond acceptors (Lipinski definition) is 9. The predicted octanol–water partition coefficient (Wildman–Crippen LogP) is 4.84. The van der Waals surface area contributed by atoms with Crippen molar-refractivity contribution in [3.63, 3.8) is 0 Å². The number of halogens is 1. The van der Waals surface area contributed by atoms with Gasteiger partial charge in [-0.3, -0.25) is 4.98 Å². The molecule has 2 aromatic heterocycles. The molecule has 42 heavy (non-hydrogen) atoms. The molecule has 2 aliphatic heterocycles. The van der Waals surface area contributed by atoms with Crippen LogP contribution in [0.2, 0.25) is 0 Å². The van der Waals surface area contributed by atoms with Crippen molar-refractivity contribution in [3.05, 3.63) is 65.6 Å². The van der Waals surface area contributed by atoms with Crippen molar-refractivity contribution in [2.75, 3.05) is 24.5 Å². The van der Waals surface area contributed by atoms with Crippen LogP contribution in [0, 0.1) is 11.2 Å². The van der Waals surface area contributed by atoms with Gasteiger partial charge in [0.05, 0.1) is 18.4 Å². The van der Waals surface area contributed by atoms with E-state index in [2.05, 4.69) is 19.9 Å². The summed E-state index contributed by atoms with van der Waals surface area (Å²) < 4.78 is 31.4. The number of amides is 1. The van der Waals surface area contributed by atoms with Crippen LogP contribution in [0.25, 0.3) is 0 Å². The summed E-state index contributed by atoms with van der Waals surface area (Å²) in [7, 11) is 0. The number of hydrogen-bond donors (Lipinski definition) is 1. The molecule has 0 bridgehead atoms. The molecule has 0 atom stereocenters. The highest BCUT2D eigenvalue weighted by Gasteiger charge is 2.54. The Morgan fingerprint density at radius 2 is 1.88 bits per heavy atom. The van der Waals surface area contributed by atoms with Crippen LogP contribution in [0.15, 0.2) is 43.0 Å². The van der Waals surface area contributed by atoms with E-state index in [1.807, 2.05) is 26.8 Å². The molecular weight excluding hydrogens is 545 g/mol. The number of anilines is 1. The van der Waals surface area contributed by atoms with Gasteiger partial charge in [0.2, 0.25) is 0 Å². The van der Waals surface area contributed by atoms with E-state index in [-0.39, 0.29) is 28.9 Å². The minimum absolute atomic E-state index is 0.0159. The maximum Gasteiger partial charge on any atom is 0.410 e. The zero-order valence-corrected chi connectivity index (χ0v) is 23.7. The van der Waals surface area contributed by atoms with E-state index >= 15 is 0 Å². The SMILES string of the molecule is CC(C)(C)OC(=O)N1CCc2c(OC3CC4(C3)CN(c3ncncc3Oc3ccc(F)cc3C(=O)O)C4)ccnc2C1. The number of carbonyl (C=O) groups is 2. The molecule has 0 radical (unpaired) electrons. The first-order chi connectivity index (χ1) is 20.0. The molecule has 1 aliphatic carbocycles. The van der Waals surface area contributed by atoms with Gasteiger partial charge >= 0.3 is 12.1 Å². The lowest BCUT2D eigenvalue weighted by Crippen LogP contribution is -2.65. The van der Waals surface area contributed by atoms with Crippen molar-refractivity contribution >= 4 is 17.9 Å². The largest absolute Gasteiger partial charge is 0.490 e. The van der Waals surface area contributed by atoms with Crippen LogP contribution in [0.3, 0.4) is 0 Å². The van der Waals surface area contributed by atoms with E-state index in [1.165, 1.54) is 18.6 Å².